The summed E-state index contributed by atoms with van der Waals surface area (Å²) in [6.07, 6.45) is 1.52. The van der Waals surface area contributed by atoms with Crippen LogP contribution in [-0.2, 0) is 25.7 Å². The molecule has 0 aliphatic rings. The van der Waals surface area contributed by atoms with Crippen LogP contribution in [0.15, 0.2) is 108 Å². The fourth-order valence-corrected chi connectivity index (χ4v) is 6.93. The fraction of sp³-hybridized carbons (Fsp3) is 0.356. The van der Waals surface area contributed by atoms with Crippen molar-refractivity contribution in [3.05, 3.63) is 125 Å². The molecule has 0 saturated carbocycles. The van der Waals surface area contributed by atoms with Crippen molar-refractivity contribution in [2.24, 2.45) is 0 Å². The standard InChI is InChI=1S/C45H54N4O6S/c1-10-38(54-39-26-23-33(44(6,7)11-2)28-37(39)45(8,9)12-3)43(51)46-34-18-16-17-32(27-34)42(50)47-40-29-41(49(48-40)35-19-14-13-15-20-35)55-56(52,53)36-24-21-31(22-25-36)30(4)5/h13-30,38H,10-12H2,1-9H3,(H,46,51)(H,47,48,50). The molecule has 1 aromatic heterocycles. The average Bonchev–Trinajstić information content (AvgIpc) is 3.57. The minimum atomic E-state index is -4.24. The largest absolute Gasteiger partial charge is 0.480 e. The summed E-state index contributed by atoms with van der Waals surface area (Å²) in [5.74, 6) is -0.00426. The van der Waals surface area contributed by atoms with Gasteiger partial charge in [0.25, 0.3) is 11.8 Å². The van der Waals surface area contributed by atoms with Gasteiger partial charge in [0.1, 0.15) is 10.6 Å². The highest BCUT2D eigenvalue weighted by Gasteiger charge is 2.29. The molecule has 5 rings (SSSR count). The van der Waals surface area contributed by atoms with Gasteiger partial charge in [-0.05, 0) is 95.7 Å². The van der Waals surface area contributed by atoms with E-state index in [0.29, 0.717) is 23.5 Å². The molecule has 56 heavy (non-hydrogen) atoms. The molecule has 10 nitrogen and oxygen atoms in total. The molecule has 0 radical (unpaired) electrons. The zero-order valence-corrected chi connectivity index (χ0v) is 34.7. The van der Waals surface area contributed by atoms with E-state index in [1.807, 2.05) is 32.9 Å². The number of carbonyl (C=O) groups excluding carboxylic acids is 2. The zero-order valence-electron chi connectivity index (χ0n) is 33.8. The molecule has 2 N–H and O–H groups in total. The maximum atomic E-state index is 13.6. The Morgan fingerprint density at radius 2 is 1.46 bits per heavy atom. The molecule has 4 aromatic carbocycles. The minimum Gasteiger partial charge on any atom is -0.480 e. The van der Waals surface area contributed by atoms with Crippen LogP contribution in [0.5, 0.6) is 11.6 Å². The normalized spacial score (nSPS) is 12.6. The maximum absolute atomic E-state index is 13.6. The molecule has 1 heterocycles. The number of rotatable bonds is 16. The summed E-state index contributed by atoms with van der Waals surface area (Å²) in [5, 5.41) is 10.1. The Kier molecular flexibility index (Phi) is 12.8. The number of benzene rings is 4. The Labute approximate surface area is 331 Å². The summed E-state index contributed by atoms with van der Waals surface area (Å²) in [5.41, 5.74) is 4.28. The lowest BCUT2D eigenvalue weighted by Crippen LogP contribution is -2.33. The molecular weight excluding hydrogens is 725 g/mol. The van der Waals surface area contributed by atoms with E-state index in [-0.39, 0.29) is 44.8 Å². The Balaban J connectivity index is 1.34. The zero-order chi connectivity index (χ0) is 40.8. The van der Waals surface area contributed by atoms with Crippen molar-refractivity contribution in [2.75, 3.05) is 10.6 Å². The quantitative estimate of drug-likeness (QED) is 0.0955. The third-order valence-electron chi connectivity index (χ3n) is 10.5. The van der Waals surface area contributed by atoms with E-state index in [1.165, 1.54) is 28.4 Å². The van der Waals surface area contributed by atoms with Gasteiger partial charge in [0.2, 0.25) is 5.88 Å². The molecule has 1 atom stereocenters. The Hall–Kier alpha value is -5.42. The summed E-state index contributed by atoms with van der Waals surface area (Å²) < 4.78 is 40.1. The van der Waals surface area contributed by atoms with Gasteiger partial charge in [0.05, 0.1) is 5.69 Å². The molecular formula is C45H54N4O6S. The topological polar surface area (TPSA) is 129 Å². The van der Waals surface area contributed by atoms with Crippen molar-refractivity contribution in [3.63, 3.8) is 0 Å². The molecule has 0 saturated heterocycles. The van der Waals surface area contributed by atoms with Crippen molar-refractivity contribution in [2.45, 2.75) is 109 Å². The maximum Gasteiger partial charge on any atom is 0.340 e. The van der Waals surface area contributed by atoms with Gasteiger partial charge in [0, 0.05) is 22.9 Å². The van der Waals surface area contributed by atoms with Crippen LogP contribution in [0.1, 0.15) is 115 Å². The number of hydrogen-bond acceptors (Lipinski definition) is 7. The van der Waals surface area contributed by atoms with Gasteiger partial charge in [-0.3, -0.25) is 9.59 Å². The Bertz CT molecular complexity index is 2260. The number of amides is 2. The van der Waals surface area contributed by atoms with Crippen molar-refractivity contribution < 1.29 is 26.9 Å². The lowest BCUT2D eigenvalue weighted by Gasteiger charge is -2.31. The van der Waals surface area contributed by atoms with Crippen LogP contribution < -0.4 is 19.6 Å². The second kappa shape index (κ2) is 17.2. The number of aromatic nitrogens is 2. The van der Waals surface area contributed by atoms with Gasteiger partial charge in [-0.25, -0.2) is 0 Å². The Morgan fingerprint density at radius 1 is 0.786 bits per heavy atom. The van der Waals surface area contributed by atoms with Crippen molar-refractivity contribution >= 4 is 33.4 Å². The first-order valence-corrected chi connectivity index (χ1v) is 20.6. The number of para-hydroxylation sites is 1. The second-order valence-electron chi connectivity index (χ2n) is 15.6. The van der Waals surface area contributed by atoms with E-state index in [1.54, 1.807) is 60.7 Å². The van der Waals surface area contributed by atoms with E-state index < -0.39 is 22.1 Å². The van der Waals surface area contributed by atoms with Crippen LogP contribution in [0.4, 0.5) is 11.5 Å². The number of hydrogen-bond donors (Lipinski definition) is 2. The van der Waals surface area contributed by atoms with Crippen LogP contribution in [-0.4, -0.2) is 36.1 Å². The molecule has 5 aromatic rings. The molecule has 2 amide bonds. The van der Waals surface area contributed by atoms with E-state index in [9.17, 15) is 18.0 Å². The van der Waals surface area contributed by atoms with E-state index >= 15 is 0 Å². The van der Waals surface area contributed by atoms with Gasteiger partial charge >= 0.3 is 10.1 Å². The van der Waals surface area contributed by atoms with Crippen molar-refractivity contribution in [1.82, 2.24) is 9.78 Å². The Morgan fingerprint density at radius 3 is 2.09 bits per heavy atom. The van der Waals surface area contributed by atoms with E-state index in [0.717, 1.165) is 24.0 Å². The second-order valence-corrected chi connectivity index (χ2v) is 17.1. The first-order valence-electron chi connectivity index (χ1n) is 19.2. The molecule has 0 spiro atoms. The van der Waals surface area contributed by atoms with Crippen molar-refractivity contribution in [1.29, 1.82) is 0 Å². The highest BCUT2D eigenvalue weighted by atomic mass is 32.2. The molecule has 0 aliphatic heterocycles. The van der Waals surface area contributed by atoms with Crippen LogP contribution in [0, 0.1) is 0 Å². The van der Waals surface area contributed by atoms with Crippen molar-refractivity contribution in [3.8, 4) is 17.3 Å². The monoisotopic (exact) mass is 778 g/mol. The van der Waals surface area contributed by atoms with Gasteiger partial charge in [-0.15, -0.1) is 5.10 Å². The first kappa shape index (κ1) is 41.7. The third-order valence-corrected chi connectivity index (χ3v) is 11.8. The van der Waals surface area contributed by atoms with Gasteiger partial charge in [-0.1, -0.05) is 111 Å². The summed E-state index contributed by atoms with van der Waals surface area (Å²) >= 11 is 0. The third kappa shape index (κ3) is 9.68. The van der Waals surface area contributed by atoms with E-state index in [4.69, 9.17) is 8.92 Å². The lowest BCUT2D eigenvalue weighted by atomic mass is 9.76. The molecule has 0 bridgehead atoms. The molecule has 0 aliphatic carbocycles. The van der Waals surface area contributed by atoms with Crippen LogP contribution >= 0.6 is 0 Å². The molecule has 1 unspecified atom stereocenters. The summed E-state index contributed by atoms with van der Waals surface area (Å²) in [7, 11) is -4.24. The van der Waals surface area contributed by atoms with E-state index in [2.05, 4.69) is 69.4 Å². The number of ether oxygens (including phenoxy) is 1. The molecule has 11 heteroatoms. The van der Waals surface area contributed by atoms with Crippen LogP contribution in [0.3, 0.4) is 0 Å². The fourth-order valence-electron chi connectivity index (χ4n) is 6.02. The first-order chi connectivity index (χ1) is 26.5. The number of nitrogens with zero attached hydrogens (tertiary/aromatic N) is 2. The highest BCUT2D eigenvalue weighted by Crippen LogP contribution is 2.39. The summed E-state index contributed by atoms with van der Waals surface area (Å²) in [6, 6.07) is 29.5. The predicted molar refractivity (Wildman–Crippen MR) is 223 cm³/mol. The van der Waals surface area contributed by atoms with Gasteiger partial charge in [-0.2, -0.15) is 13.1 Å². The van der Waals surface area contributed by atoms with Gasteiger partial charge < -0.3 is 19.6 Å². The van der Waals surface area contributed by atoms with Crippen LogP contribution in [0.25, 0.3) is 5.69 Å². The summed E-state index contributed by atoms with van der Waals surface area (Å²) in [4.78, 5) is 27.2. The number of anilines is 2. The minimum absolute atomic E-state index is 0.00494. The van der Waals surface area contributed by atoms with Crippen LogP contribution in [0.2, 0.25) is 0 Å². The predicted octanol–water partition coefficient (Wildman–Crippen LogP) is 10.2. The SMILES string of the molecule is CCC(Oc1ccc(C(C)(C)CC)cc1C(C)(C)CC)C(=O)Nc1cccc(C(=O)Nc2cc(OS(=O)(=O)c3ccc(C(C)C)cc3)n(-c3ccccc3)n2)c1. The smallest absolute Gasteiger partial charge is 0.340 e. The average molecular weight is 779 g/mol. The molecule has 0 fully saturated rings. The number of carbonyl (C=O) groups is 2. The highest BCUT2D eigenvalue weighted by molar-refractivity contribution is 7.87. The molecule has 296 valence electrons. The number of nitrogens with one attached hydrogen (secondary N) is 2. The van der Waals surface area contributed by atoms with Gasteiger partial charge in [0.15, 0.2) is 11.9 Å². The lowest BCUT2D eigenvalue weighted by molar-refractivity contribution is -0.122. The summed E-state index contributed by atoms with van der Waals surface area (Å²) in [6.45, 7) is 19.1.